The number of hydrogen-bond acceptors (Lipinski definition) is 4. The van der Waals surface area contributed by atoms with E-state index in [2.05, 4.69) is 19.8 Å². The van der Waals surface area contributed by atoms with Crippen LogP contribution in [0.5, 0.6) is 11.5 Å². The third kappa shape index (κ3) is 3.81. The maximum Gasteiger partial charge on any atom is 0.586 e. The van der Waals surface area contributed by atoms with Crippen molar-refractivity contribution in [3.63, 3.8) is 0 Å². The monoisotopic (exact) mass is 352 g/mol. The summed E-state index contributed by atoms with van der Waals surface area (Å²) in [7, 11) is 3.54. The standard InChI is InChI=1S/C16H18F2N4O3/c1-21-10-8-19-13(21)7-4-9-22(2)15(23)20-11-5-3-6-12-14(11)25-16(17,18)24-12/h3,5-6,8,10H,4,7,9H2,1-2H3,(H,20,23). The van der Waals surface area contributed by atoms with E-state index in [4.69, 9.17) is 0 Å². The van der Waals surface area contributed by atoms with Crippen LogP contribution in [0, 0.1) is 0 Å². The van der Waals surface area contributed by atoms with Gasteiger partial charge in [0.05, 0.1) is 5.69 Å². The van der Waals surface area contributed by atoms with Gasteiger partial charge in [-0.2, -0.15) is 0 Å². The van der Waals surface area contributed by atoms with Gasteiger partial charge in [-0.05, 0) is 18.6 Å². The van der Waals surface area contributed by atoms with Gasteiger partial charge in [0.25, 0.3) is 0 Å². The molecule has 0 fully saturated rings. The number of halogens is 2. The van der Waals surface area contributed by atoms with Crippen LogP contribution in [0.1, 0.15) is 12.2 Å². The summed E-state index contributed by atoms with van der Waals surface area (Å²) in [4.78, 5) is 17.9. The Kier molecular flexibility index (Phi) is 4.47. The fourth-order valence-corrected chi connectivity index (χ4v) is 2.49. The lowest BCUT2D eigenvalue weighted by atomic mass is 10.2. The zero-order valence-electron chi connectivity index (χ0n) is 13.8. The first-order valence-electron chi connectivity index (χ1n) is 7.73. The third-order valence-corrected chi connectivity index (χ3v) is 3.83. The van der Waals surface area contributed by atoms with Crippen molar-refractivity contribution < 1.29 is 23.0 Å². The van der Waals surface area contributed by atoms with Crippen LogP contribution in [0.15, 0.2) is 30.6 Å². The van der Waals surface area contributed by atoms with Crippen molar-refractivity contribution in [3.8, 4) is 11.5 Å². The molecule has 134 valence electrons. The van der Waals surface area contributed by atoms with Crippen LogP contribution in [0.2, 0.25) is 0 Å². The van der Waals surface area contributed by atoms with E-state index in [1.54, 1.807) is 13.2 Å². The Balaban J connectivity index is 1.56. The topological polar surface area (TPSA) is 68.6 Å². The van der Waals surface area contributed by atoms with E-state index in [1.807, 2.05) is 17.8 Å². The van der Waals surface area contributed by atoms with Crippen molar-refractivity contribution in [2.24, 2.45) is 7.05 Å². The van der Waals surface area contributed by atoms with Crippen molar-refractivity contribution in [3.05, 3.63) is 36.4 Å². The molecule has 7 nitrogen and oxygen atoms in total. The molecule has 1 aromatic carbocycles. The van der Waals surface area contributed by atoms with Crippen LogP contribution in [-0.2, 0) is 13.5 Å². The zero-order chi connectivity index (χ0) is 18.0. The lowest BCUT2D eigenvalue weighted by Gasteiger charge is -2.18. The van der Waals surface area contributed by atoms with E-state index < -0.39 is 12.3 Å². The number of nitrogens with zero attached hydrogens (tertiary/aromatic N) is 3. The number of hydrogen-bond donors (Lipinski definition) is 1. The normalized spacial score (nSPS) is 14.4. The van der Waals surface area contributed by atoms with Gasteiger partial charge >= 0.3 is 12.3 Å². The molecule has 1 aliphatic heterocycles. The molecule has 3 rings (SSSR count). The number of aryl methyl sites for hydroxylation is 2. The molecule has 2 aromatic rings. The molecule has 0 saturated carbocycles. The second-order valence-electron chi connectivity index (χ2n) is 5.71. The van der Waals surface area contributed by atoms with Crippen molar-refractivity contribution in [2.75, 3.05) is 18.9 Å². The van der Waals surface area contributed by atoms with Crippen LogP contribution in [0.25, 0.3) is 0 Å². The number of aromatic nitrogens is 2. The molecule has 2 amide bonds. The lowest BCUT2D eigenvalue weighted by molar-refractivity contribution is -0.286. The summed E-state index contributed by atoms with van der Waals surface area (Å²) >= 11 is 0. The van der Waals surface area contributed by atoms with Gasteiger partial charge in [-0.1, -0.05) is 6.07 Å². The number of alkyl halides is 2. The highest BCUT2D eigenvalue weighted by Crippen LogP contribution is 2.45. The molecule has 1 aliphatic rings. The summed E-state index contributed by atoms with van der Waals surface area (Å²) in [6.45, 7) is 0.487. The fraction of sp³-hybridized carbons (Fsp3) is 0.375. The average molecular weight is 352 g/mol. The number of fused-ring (bicyclic) bond motifs is 1. The van der Waals surface area contributed by atoms with Gasteiger partial charge in [-0.25, -0.2) is 9.78 Å². The molecule has 0 aliphatic carbocycles. The average Bonchev–Trinajstić information content (AvgIpc) is 3.09. The third-order valence-electron chi connectivity index (χ3n) is 3.83. The Labute approximate surface area is 143 Å². The maximum atomic E-state index is 13.2. The van der Waals surface area contributed by atoms with Gasteiger partial charge < -0.3 is 24.3 Å². The van der Waals surface area contributed by atoms with E-state index in [0.717, 1.165) is 18.7 Å². The summed E-state index contributed by atoms with van der Waals surface area (Å²) in [5.41, 5.74) is 0.135. The minimum atomic E-state index is -3.73. The summed E-state index contributed by atoms with van der Waals surface area (Å²) in [6, 6.07) is 3.90. The Bertz CT molecular complexity index is 778. The van der Waals surface area contributed by atoms with E-state index in [0.29, 0.717) is 6.54 Å². The molecule has 0 bridgehead atoms. The quantitative estimate of drug-likeness (QED) is 0.898. The van der Waals surface area contributed by atoms with Gasteiger partial charge in [0.2, 0.25) is 0 Å². The van der Waals surface area contributed by atoms with Crippen LogP contribution >= 0.6 is 0 Å². The summed E-state index contributed by atoms with van der Waals surface area (Å²) < 4.78 is 37.1. The molecule has 9 heteroatoms. The number of carbonyl (C=O) groups excluding carboxylic acids is 1. The van der Waals surface area contributed by atoms with Crippen LogP contribution < -0.4 is 14.8 Å². The Morgan fingerprint density at radius 3 is 2.92 bits per heavy atom. The number of amides is 2. The molecule has 25 heavy (non-hydrogen) atoms. The Morgan fingerprint density at radius 1 is 1.40 bits per heavy atom. The highest BCUT2D eigenvalue weighted by atomic mass is 19.3. The number of urea groups is 1. The summed E-state index contributed by atoms with van der Waals surface area (Å²) in [5.74, 6) is 0.643. The first kappa shape index (κ1) is 17.0. The molecule has 0 radical (unpaired) electrons. The summed E-state index contributed by atoms with van der Waals surface area (Å²) in [5, 5.41) is 2.56. The van der Waals surface area contributed by atoms with Gasteiger partial charge in [0.1, 0.15) is 5.82 Å². The van der Waals surface area contributed by atoms with Crippen molar-refractivity contribution in [1.29, 1.82) is 0 Å². The molecule has 0 unspecified atom stereocenters. The van der Waals surface area contributed by atoms with Crippen LogP contribution in [-0.4, -0.2) is 40.4 Å². The van der Waals surface area contributed by atoms with E-state index in [9.17, 15) is 13.6 Å². The Hall–Kier alpha value is -2.84. The maximum absolute atomic E-state index is 13.2. The first-order valence-corrected chi connectivity index (χ1v) is 7.73. The number of carbonyl (C=O) groups is 1. The molecule has 1 aromatic heterocycles. The molecule has 0 atom stereocenters. The number of benzene rings is 1. The molecule has 1 N–H and O–H groups in total. The van der Waals surface area contributed by atoms with E-state index in [-0.39, 0.29) is 17.2 Å². The largest absolute Gasteiger partial charge is 0.586 e. The first-order chi connectivity index (χ1) is 11.9. The van der Waals surface area contributed by atoms with E-state index in [1.165, 1.54) is 23.1 Å². The number of anilines is 1. The van der Waals surface area contributed by atoms with Crippen LogP contribution in [0.3, 0.4) is 0 Å². The van der Waals surface area contributed by atoms with Crippen molar-refractivity contribution in [2.45, 2.75) is 19.1 Å². The zero-order valence-corrected chi connectivity index (χ0v) is 13.8. The van der Waals surface area contributed by atoms with E-state index >= 15 is 0 Å². The Morgan fingerprint density at radius 2 is 2.20 bits per heavy atom. The number of ether oxygens (including phenoxy) is 2. The highest BCUT2D eigenvalue weighted by molar-refractivity contribution is 5.91. The number of para-hydroxylation sites is 1. The minimum Gasteiger partial charge on any atom is -0.395 e. The number of imidazole rings is 1. The molecule has 0 saturated heterocycles. The second kappa shape index (κ2) is 6.58. The molecule has 2 heterocycles. The molecular formula is C16H18F2N4O3. The van der Waals surface area contributed by atoms with Gasteiger partial charge in [-0.3, -0.25) is 0 Å². The predicted octanol–water partition coefficient (Wildman–Crippen LogP) is 2.84. The SMILES string of the molecule is CN(CCCc1nccn1C)C(=O)Nc1cccc2c1OC(F)(F)O2. The lowest BCUT2D eigenvalue weighted by Crippen LogP contribution is -2.32. The predicted molar refractivity (Wildman–Crippen MR) is 85.8 cm³/mol. The van der Waals surface area contributed by atoms with Crippen molar-refractivity contribution in [1.82, 2.24) is 14.5 Å². The van der Waals surface area contributed by atoms with Crippen molar-refractivity contribution >= 4 is 11.7 Å². The van der Waals surface area contributed by atoms with Gasteiger partial charge in [0.15, 0.2) is 11.5 Å². The number of nitrogens with one attached hydrogen (secondary N) is 1. The second-order valence-corrected chi connectivity index (χ2v) is 5.71. The smallest absolute Gasteiger partial charge is 0.395 e. The number of rotatable bonds is 5. The highest BCUT2D eigenvalue weighted by Gasteiger charge is 2.44. The minimum absolute atomic E-state index is 0.111. The van der Waals surface area contributed by atoms with Gasteiger partial charge in [-0.15, -0.1) is 8.78 Å². The molecule has 0 spiro atoms. The fourth-order valence-electron chi connectivity index (χ4n) is 2.49. The summed E-state index contributed by atoms with van der Waals surface area (Å²) in [6.07, 6.45) is 1.31. The van der Waals surface area contributed by atoms with Gasteiger partial charge in [0, 0.05) is 39.5 Å². The van der Waals surface area contributed by atoms with Crippen LogP contribution in [0.4, 0.5) is 19.3 Å². The molecular weight excluding hydrogens is 334 g/mol.